The van der Waals surface area contributed by atoms with Crippen LogP contribution in [0, 0.1) is 20.8 Å². The molecular weight excluding hydrogens is 366 g/mol. The molecule has 0 radical (unpaired) electrons. The van der Waals surface area contributed by atoms with E-state index in [4.69, 9.17) is 0 Å². The van der Waals surface area contributed by atoms with Crippen LogP contribution in [0.2, 0.25) is 0 Å². The quantitative estimate of drug-likeness (QED) is 0.599. The van der Waals surface area contributed by atoms with Gasteiger partial charge in [-0.25, -0.2) is 0 Å². The average Bonchev–Trinajstić information content (AvgIpc) is 2.69. The van der Waals surface area contributed by atoms with Gasteiger partial charge in [-0.3, -0.25) is 19.6 Å². The fourth-order valence-electron chi connectivity index (χ4n) is 3.29. The molecule has 0 aliphatic heterocycles. The summed E-state index contributed by atoms with van der Waals surface area (Å²) in [5.74, 6) is -0.244. The van der Waals surface area contributed by atoms with Gasteiger partial charge in [-0.2, -0.15) is 0 Å². The first-order valence-electron chi connectivity index (χ1n) is 9.53. The van der Waals surface area contributed by atoms with Crippen LogP contribution in [-0.2, 0) is 6.54 Å². The minimum Gasteiger partial charge on any atom is -0.385 e. The number of anilines is 1. The average molecular weight is 391 g/mol. The van der Waals surface area contributed by atoms with Gasteiger partial charge in [0.2, 0.25) is 0 Å². The number of aryl methyl sites for hydroxylation is 2. The maximum atomic E-state index is 13.0. The number of aromatic amines is 1. The standard InChI is InChI=1S/C22H25N5O2/c1-5-24-19-10-16(20-12-23-6-7-25-20)9-17(15(19)4)21(28)26-11-18-13(2)8-14(3)27-22(18)29/h6-10,12,24H,5,11H2,1-4H3,(H,26,28)(H,27,29). The van der Waals surface area contributed by atoms with E-state index in [1.165, 1.54) is 0 Å². The number of nitrogens with one attached hydrogen (secondary N) is 3. The minimum atomic E-state index is -0.244. The van der Waals surface area contributed by atoms with Gasteiger partial charge in [0, 0.05) is 53.6 Å². The third-order valence-corrected chi connectivity index (χ3v) is 4.80. The maximum absolute atomic E-state index is 13.0. The molecule has 0 unspecified atom stereocenters. The second kappa shape index (κ2) is 8.68. The Balaban J connectivity index is 1.93. The second-order valence-electron chi connectivity index (χ2n) is 6.94. The van der Waals surface area contributed by atoms with Crippen molar-refractivity contribution in [3.8, 4) is 11.3 Å². The summed E-state index contributed by atoms with van der Waals surface area (Å²) in [5.41, 5.74) is 5.75. The van der Waals surface area contributed by atoms with Crippen molar-refractivity contribution in [1.82, 2.24) is 20.3 Å². The van der Waals surface area contributed by atoms with E-state index in [0.29, 0.717) is 16.8 Å². The van der Waals surface area contributed by atoms with Crippen molar-refractivity contribution in [3.05, 3.63) is 75.1 Å². The molecule has 7 nitrogen and oxygen atoms in total. The molecule has 3 rings (SSSR count). The first-order chi connectivity index (χ1) is 13.9. The molecule has 7 heteroatoms. The van der Waals surface area contributed by atoms with Crippen molar-refractivity contribution in [2.45, 2.75) is 34.2 Å². The highest BCUT2D eigenvalue weighted by Gasteiger charge is 2.16. The third-order valence-electron chi connectivity index (χ3n) is 4.80. The summed E-state index contributed by atoms with van der Waals surface area (Å²) in [4.78, 5) is 36.4. The number of hydrogen-bond donors (Lipinski definition) is 3. The molecule has 2 aromatic heterocycles. The molecule has 29 heavy (non-hydrogen) atoms. The summed E-state index contributed by atoms with van der Waals surface area (Å²) in [6, 6.07) is 5.67. The van der Waals surface area contributed by atoms with Crippen molar-refractivity contribution in [2.24, 2.45) is 0 Å². The van der Waals surface area contributed by atoms with Crippen LogP contribution in [0.3, 0.4) is 0 Å². The van der Waals surface area contributed by atoms with Gasteiger partial charge in [-0.05, 0) is 57.0 Å². The van der Waals surface area contributed by atoms with Crippen molar-refractivity contribution in [3.63, 3.8) is 0 Å². The van der Waals surface area contributed by atoms with Crippen LogP contribution in [0.4, 0.5) is 5.69 Å². The molecule has 0 fully saturated rings. The van der Waals surface area contributed by atoms with E-state index in [-0.39, 0.29) is 18.0 Å². The molecule has 3 N–H and O–H groups in total. The number of hydrogen-bond acceptors (Lipinski definition) is 5. The molecular formula is C22H25N5O2. The molecule has 1 amide bonds. The fraction of sp³-hybridized carbons (Fsp3) is 0.273. The van der Waals surface area contributed by atoms with Crippen LogP contribution in [0.1, 0.15) is 39.7 Å². The van der Waals surface area contributed by atoms with Crippen molar-refractivity contribution >= 4 is 11.6 Å². The van der Waals surface area contributed by atoms with Gasteiger partial charge in [0.25, 0.3) is 11.5 Å². The van der Waals surface area contributed by atoms with Gasteiger partial charge in [-0.15, -0.1) is 0 Å². The topological polar surface area (TPSA) is 99.8 Å². The Morgan fingerprint density at radius 3 is 2.59 bits per heavy atom. The van der Waals surface area contributed by atoms with Gasteiger partial charge in [0.05, 0.1) is 11.9 Å². The number of amides is 1. The summed E-state index contributed by atoms with van der Waals surface area (Å²) in [6.07, 6.45) is 4.89. The van der Waals surface area contributed by atoms with E-state index in [2.05, 4.69) is 25.6 Å². The monoisotopic (exact) mass is 391 g/mol. The Morgan fingerprint density at radius 2 is 1.93 bits per heavy atom. The van der Waals surface area contributed by atoms with Crippen LogP contribution < -0.4 is 16.2 Å². The first-order valence-corrected chi connectivity index (χ1v) is 9.53. The third kappa shape index (κ3) is 4.51. The molecule has 1 aromatic carbocycles. The van der Waals surface area contributed by atoms with Crippen molar-refractivity contribution < 1.29 is 4.79 Å². The van der Waals surface area contributed by atoms with Crippen molar-refractivity contribution in [2.75, 3.05) is 11.9 Å². The highest BCUT2D eigenvalue weighted by Crippen LogP contribution is 2.27. The van der Waals surface area contributed by atoms with Gasteiger partial charge in [-0.1, -0.05) is 0 Å². The number of aromatic nitrogens is 3. The molecule has 2 heterocycles. The SMILES string of the molecule is CCNc1cc(-c2cnccn2)cc(C(=O)NCc2c(C)cc(C)[nH]c2=O)c1C. The van der Waals surface area contributed by atoms with Gasteiger partial charge >= 0.3 is 0 Å². The Morgan fingerprint density at radius 1 is 1.14 bits per heavy atom. The molecule has 3 aromatic rings. The number of benzene rings is 1. The molecule has 150 valence electrons. The Bertz CT molecular complexity index is 1090. The molecule has 0 spiro atoms. The van der Waals surface area contributed by atoms with Gasteiger partial charge < -0.3 is 15.6 Å². The zero-order valence-corrected chi connectivity index (χ0v) is 17.1. The van der Waals surface area contributed by atoms with Crippen LogP contribution in [0.25, 0.3) is 11.3 Å². The summed E-state index contributed by atoms with van der Waals surface area (Å²) in [5, 5.41) is 6.18. The zero-order valence-electron chi connectivity index (χ0n) is 17.1. The largest absolute Gasteiger partial charge is 0.385 e. The smallest absolute Gasteiger partial charge is 0.253 e. The first kappa shape index (κ1) is 20.3. The maximum Gasteiger partial charge on any atom is 0.253 e. The highest BCUT2D eigenvalue weighted by molar-refractivity contribution is 5.98. The summed E-state index contributed by atoms with van der Waals surface area (Å²) < 4.78 is 0. The van der Waals surface area contributed by atoms with Crippen LogP contribution in [-0.4, -0.2) is 27.4 Å². The fourth-order valence-corrected chi connectivity index (χ4v) is 3.29. The lowest BCUT2D eigenvalue weighted by atomic mass is 10.00. The minimum absolute atomic E-state index is 0.158. The van der Waals surface area contributed by atoms with E-state index in [9.17, 15) is 9.59 Å². The molecule has 0 saturated heterocycles. The Labute approximate surface area is 169 Å². The predicted octanol–water partition coefficient (Wildman–Crippen LogP) is 3.12. The summed E-state index contributed by atoms with van der Waals surface area (Å²) in [6.45, 7) is 8.49. The van der Waals surface area contributed by atoms with Gasteiger partial charge in [0.1, 0.15) is 0 Å². The molecule has 0 aliphatic rings. The number of H-pyrrole nitrogens is 1. The molecule has 0 bridgehead atoms. The lowest BCUT2D eigenvalue weighted by Crippen LogP contribution is -2.28. The lowest BCUT2D eigenvalue weighted by Gasteiger charge is -2.15. The molecule has 0 aliphatic carbocycles. The summed E-state index contributed by atoms with van der Waals surface area (Å²) >= 11 is 0. The highest BCUT2D eigenvalue weighted by atomic mass is 16.1. The van der Waals surface area contributed by atoms with Crippen LogP contribution in [0.15, 0.2) is 41.6 Å². The predicted molar refractivity (Wildman–Crippen MR) is 114 cm³/mol. The van der Waals surface area contributed by atoms with Crippen LogP contribution >= 0.6 is 0 Å². The number of pyridine rings is 1. The van der Waals surface area contributed by atoms with Crippen molar-refractivity contribution in [1.29, 1.82) is 0 Å². The van der Waals surface area contributed by atoms with Crippen LogP contribution in [0.5, 0.6) is 0 Å². The van der Waals surface area contributed by atoms with E-state index < -0.39 is 0 Å². The van der Waals surface area contributed by atoms with E-state index in [0.717, 1.165) is 34.6 Å². The van der Waals surface area contributed by atoms with E-state index in [1.54, 1.807) is 18.6 Å². The zero-order chi connectivity index (χ0) is 21.0. The van der Waals surface area contributed by atoms with Gasteiger partial charge in [0.15, 0.2) is 0 Å². The normalized spacial score (nSPS) is 10.6. The molecule has 0 atom stereocenters. The number of nitrogens with zero attached hydrogens (tertiary/aromatic N) is 2. The lowest BCUT2D eigenvalue weighted by molar-refractivity contribution is 0.0950. The van der Waals surface area contributed by atoms with E-state index >= 15 is 0 Å². The Kier molecular flexibility index (Phi) is 6.07. The number of rotatable bonds is 6. The molecule has 0 saturated carbocycles. The van der Waals surface area contributed by atoms with E-state index in [1.807, 2.05) is 45.9 Å². The number of carbonyl (C=O) groups is 1. The second-order valence-corrected chi connectivity index (χ2v) is 6.94. The summed E-state index contributed by atoms with van der Waals surface area (Å²) in [7, 11) is 0. The number of carbonyl (C=O) groups excluding carboxylic acids is 1. The Hall–Kier alpha value is -3.48.